The maximum absolute atomic E-state index is 12.8. The van der Waals surface area contributed by atoms with Gasteiger partial charge in [0.1, 0.15) is 5.65 Å². The van der Waals surface area contributed by atoms with Gasteiger partial charge in [0.05, 0.1) is 39.8 Å². The highest BCUT2D eigenvalue weighted by molar-refractivity contribution is 8.00. The molecule has 0 aliphatic rings. The zero-order valence-corrected chi connectivity index (χ0v) is 18.5. The van der Waals surface area contributed by atoms with Gasteiger partial charge in [-0.2, -0.15) is 5.26 Å². The highest BCUT2D eigenvalue weighted by Gasteiger charge is 2.15. The van der Waals surface area contributed by atoms with Crippen LogP contribution in [0.3, 0.4) is 0 Å². The van der Waals surface area contributed by atoms with Crippen LogP contribution in [-0.4, -0.2) is 31.8 Å². The number of rotatable bonds is 6. The van der Waals surface area contributed by atoms with E-state index in [9.17, 15) is 4.79 Å². The van der Waals surface area contributed by atoms with Crippen molar-refractivity contribution in [3.63, 3.8) is 0 Å². The van der Waals surface area contributed by atoms with Crippen molar-refractivity contribution in [2.75, 3.05) is 16.8 Å². The van der Waals surface area contributed by atoms with E-state index in [4.69, 9.17) is 15.2 Å². The molecule has 1 amide bonds. The topological polar surface area (TPSA) is 83.1 Å². The third-order valence-corrected chi connectivity index (χ3v) is 6.78. The number of hydrogen-bond acceptors (Lipinski definition) is 6. The standard InChI is InChI=1S/C24H17N5OS2/c25-13-14-31-21-12-6-4-10-19(21)26-22(30)15-32-24-28-17-8-2-1-7-16(17)23-27-18-9-3-5-11-20(18)29(23)24/h1-12H,14-15H2,(H,26,30). The number of aromatic nitrogens is 3. The SMILES string of the molecule is N#CCSc1ccccc1NC(=O)CSc1nc2ccccc2c2nc3ccccc3n12. The second-order valence-corrected chi connectivity index (χ2v) is 8.91. The van der Waals surface area contributed by atoms with Crippen molar-refractivity contribution in [1.29, 1.82) is 5.26 Å². The Bertz CT molecular complexity index is 1510. The van der Waals surface area contributed by atoms with E-state index in [2.05, 4.69) is 11.4 Å². The Morgan fingerprint density at radius 2 is 1.69 bits per heavy atom. The number of para-hydroxylation sites is 4. The zero-order chi connectivity index (χ0) is 21.9. The summed E-state index contributed by atoms with van der Waals surface area (Å²) in [6, 6.07) is 25.5. The summed E-state index contributed by atoms with van der Waals surface area (Å²) in [7, 11) is 0. The van der Waals surface area contributed by atoms with Crippen LogP contribution in [0.2, 0.25) is 0 Å². The molecule has 2 heterocycles. The third-order valence-electron chi connectivity index (χ3n) is 4.90. The first-order valence-electron chi connectivity index (χ1n) is 9.92. The number of anilines is 1. The van der Waals surface area contributed by atoms with Crippen LogP contribution in [-0.2, 0) is 4.79 Å². The van der Waals surface area contributed by atoms with Crippen molar-refractivity contribution in [2.24, 2.45) is 0 Å². The molecule has 0 unspecified atom stereocenters. The largest absolute Gasteiger partial charge is 0.324 e. The van der Waals surface area contributed by atoms with Crippen LogP contribution in [0.4, 0.5) is 5.69 Å². The van der Waals surface area contributed by atoms with Crippen LogP contribution in [0, 0.1) is 11.3 Å². The van der Waals surface area contributed by atoms with Gasteiger partial charge >= 0.3 is 0 Å². The number of benzene rings is 3. The number of thioether (sulfide) groups is 2. The lowest BCUT2D eigenvalue weighted by Gasteiger charge is -2.11. The van der Waals surface area contributed by atoms with E-state index in [1.54, 1.807) is 0 Å². The van der Waals surface area contributed by atoms with Gasteiger partial charge in [-0.1, -0.05) is 48.2 Å². The smallest absolute Gasteiger partial charge is 0.234 e. The van der Waals surface area contributed by atoms with Gasteiger partial charge in [-0.25, -0.2) is 9.97 Å². The number of nitrogens with zero attached hydrogens (tertiary/aromatic N) is 4. The fourth-order valence-electron chi connectivity index (χ4n) is 3.53. The van der Waals surface area contributed by atoms with Crippen LogP contribution in [0.25, 0.3) is 27.6 Å². The van der Waals surface area contributed by atoms with Gasteiger partial charge in [-0.15, -0.1) is 11.8 Å². The van der Waals surface area contributed by atoms with Crippen molar-refractivity contribution >= 4 is 62.7 Å². The van der Waals surface area contributed by atoms with Gasteiger partial charge in [-0.05, 0) is 36.4 Å². The van der Waals surface area contributed by atoms with E-state index in [-0.39, 0.29) is 11.7 Å². The molecule has 0 aliphatic heterocycles. The highest BCUT2D eigenvalue weighted by atomic mass is 32.2. The molecule has 0 bridgehead atoms. The van der Waals surface area contributed by atoms with Crippen molar-refractivity contribution in [1.82, 2.24) is 14.4 Å². The van der Waals surface area contributed by atoms with Gasteiger partial charge in [0.25, 0.3) is 0 Å². The molecule has 156 valence electrons. The van der Waals surface area contributed by atoms with Crippen molar-refractivity contribution in [3.8, 4) is 6.07 Å². The fourth-order valence-corrected chi connectivity index (χ4v) is 5.01. The number of hydrogen-bond donors (Lipinski definition) is 1. The molecule has 3 aromatic carbocycles. The summed E-state index contributed by atoms with van der Waals surface area (Å²) in [5.74, 6) is 0.394. The molecule has 5 rings (SSSR count). The normalized spacial score (nSPS) is 11.1. The minimum Gasteiger partial charge on any atom is -0.324 e. The summed E-state index contributed by atoms with van der Waals surface area (Å²) in [5, 5.41) is 13.5. The fraction of sp³-hybridized carbons (Fsp3) is 0.0833. The third kappa shape index (κ3) is 3.88. The summed E-state index contributed by atoms with van der Waals surface area (Å²) in [6.07, 6.45) is 0. The predicted molar refractivity (Wildman–Crippen MR) is 130 cm³/mol. The monoisotopic (exact) mass is 455 g/mol. The lowest BCUT2D eigenvalue weighted by Crippen LogP contribution is -2.15. The Hall–Kier alpha value is -3.54. The number of fused-ring (bicyclic) bond motifs is 5. The molecule has 6 nitrogen and oxygen atoms in total. The zero-order valence-electron chi connectivity index (χ0n) is 16.9. The van der Waals surface area contributed by atoms with Crippen molar-refractivity contribution < 1.29 is 4.79 Å². The lowest BCUT2D eigenvalue weighted by atomic mass is 10.2. The number of imidazole rings is 1. The Kier molecular flexibility index (Phi) is 5.67. The average Bonchev–Trinajstić information content (AvgIpc) is 3.22. The van der Waals surface area contributed by atoms with E-state index >= 15 is 0 Å². The minimum absolute atomic E-state index is 0.132. The molecule has 0 spiro atoms. The number of carbonyl (C=O) groups excluding carboxylic acids is 1. The van der Waals surface area contributed by atoms with Gasteiger partial charge < -0.3 is 5.32 Å². The van der Waals surface area contributed by atoms with E-state index < -0.39 is 0 Å². The number of nitrogens with one attached hydrogen (secondary N) is 1. The molecular formula is C24H17N5OS2. The molecule has 2 aromatic heterocycles. The molecule has 0 fully saturated rings. The van der Waals surface area contributed by atoms with Crippen molar-refractivity contribution in [3.05, 3.63) is 72.8 Å². The summed E-state index contributed by atoms with van der Waals surface area (Å²) < 4.78 is 2.02. The van der Waals surface area contributed by atoms with Gasteiger partial charge in [0.2, 0.25) is 5.91 Å². The van der Waals surface area contributed by atoms with Crippen LogP contribution < -0.4 is 5.32 Å². The highest BCUT2D eigenvalue weighted by Crippen LogP contribution is 2.30. The molecule has 0 aliphatic carbocycles. The summed E-state index contributed by atoms with van der Waals surface area (Å²) in [5.41, 5.74) is 4.24. The van der Waals surface area contributed by atoms with E-state index in [0.29, 0.717) is 11.4 Å². The van der Waals surface area contributed by atoms with Crippen molar-refractivity contribution in [2.45, 2.75) is 10.1 Å². The Morgan fingerprint density at radius 1 is 0.938 bits per heavy atom. The molecular weight excluding hydrogens is 438 g/mol. The molecule has 5 aromatic rings. The summed E-state index contributed by atoms with van der Waals surface area (Å²) in [4.78, 5) is 23.3. The molecule has 32 heavy (non-hydrogen) atoms. The second kappa shape index (κ2) is 8.91. The quantitative estimate of drug-likeness (QED) is 0.273. The lowest BCUT2D eigenvalue weighted by molar-refractivity contribution is -0.113. The van der Waals surface area contributed by atoms with Gasteiger partial charge in [0.15, 0.2) is 5.16 Å². The van der Waals surface area contributed by atoms with Crippen LogP contribution in [0.5, 0.6) is 0 Å². The Balaban J connectivity index is 1.46. The van der Waals surface area contributed by atoms with Crippen LogP contribution in [0.15, 0.2) is 82.8 Å². The molecule has 0 atom stereocenters. The average molecular weight is 456 g/mol. The van der Waals surface area contributed by atoms with E-state index in [1.165, 1.54) is 23.5 Å². The van der Waals surface area contributed by atoms with Gasteiger partial charge in [-0.3, -0.25) is 9.20 Å². The Labute approximate surface area is 192 Å². The Morgan fingerprint density at radius 3 is 2.56 bits per heavy atom. The van der Waals surface area contributed by atoms with E-state index in [0.717, 1.165) is 37.6 Å². The summed E-state index contributed by atoms with van der Waals surface area (Å²) >= 11 is 2.78. The number of nitriles is 1. The van der Waals surface area contributed by atoms with E-state index in [1.807, 2.05) is 77.2 Å². The van der Waals surface area contributed by atoms with Crippen LogP contribution in [0.1, 0.15) is 0 Å². The first kappa shape index (κ1) is 20.4. The van der Waals surface area contributed by atoms with Gasteiger partial charge in [0, 0.05) is 10.3 Å². The molecule has 8 heteroatoms. The number of carbonyl (C=O) groups is 1. The molecule has 0 radical (unpaired) electrons. The molecule has 0 saturated carbocycles. The maximum Gasteiger partial charge on any atom is 0.234 e. The molecule has 0 saturated heterocycles. The second-order valence-electron chi connectivity index (χ2n) is 6.95. The molecule has 1 N–H and O–H groups in total. The first-order chi connectivity index (χ1) is 15.7. The predicted octanol–water partition coefficient (Wildman–Crippen LogP) is 5.38. The maximum atomic E-state index is 12.8. The minimum atomic E-state index is -0.132. The van der Waals surface area contributed by atoms with Crippen LogP contribution >= 0.6 is 23.5 Å². The first-order valence-corrected chi connectivity index (χ1v) is 11.9. The summed E-state index contributed by atoms with van der Waals surface area (Å²) in [6.45, 7) is 0. The number of amides is 1.